The third-order valence-corrected chi connectivity index (χ3v) is 6.14. The Balaban J connectivity index is 2.22. The molecule has 1 aromatic rings. The van der Waals surface area contributed by atoms with Crippen LogP contribution in [-0.4, -0.2) is 42.5 Å². The summed E-state index contributed by atoms with van der Waals surface area (Å²) in [4.78, 5) is 2.22. The van der Waals surface area contributed by atoms with Crippen molar-refractivity contribution < 1.29 is 13.5 Å². The number of sulfone groups is 1. The van der Waals surface area contributed by atoms with E-state index in [1.54, 1.807) is 6.07 Å². The normalized spacial score (nSPS) is 20.9. The van der Waals surface area contributed by atoms with Crippen molar-refractivity contribution in [3.8, 4) is 5.75 Å². The molecule has 4 nitrogen and oxygen atoms in total. The number of phenolic OH excluding ortho intramolecular Hbond substituents is 1. The Hall–Kier alpha value is -1.07. The second kappa shape index (κ2) is 6.59. The molecule has 0 amide bonds. The van der Waals surface area contributed by atoms with Gasteiger partial charge in [0.1, 0.15) is 5.75 Å². The highest BCUT2D eigenvalue weighted by molar-refractivity contribution is 7.91. The number of rotatable bonds is 5. The smallest absolute Gasteiger partial charge is 0.151 e. The molecule has 1 heterocycles. The fraction of sp³-hybridized carbons (Fsp3) is 0.647. The van der Waals surface area contributed by atoms with E-state index in [1.807, 2.05) is 19.9 Å². The van der Waals surface area contributed by atoms with Crippen molar-refractivity contribution >= 4 is 9.84 Å². The maximum absolute atomic E-state index is 11.8. The number of hydrogen-bond donors (Lipinski definition) is 1. The Kier molecular flexibility index (Phi) is 5.17. The number of benzene rings is 1. The standard InChI is InChI=1S/C17H27NO3S/c1-12(2)9-18(16-5-6-22(20,21)11-16)10-15-7-13(3)14(4)8-17(15)19/h7-8,12,16,19H,5-6,9-11H2,1-4H3. The average Bonchev–Trinajstić information content (AvgIpc) is 2.75. The van der Waals surface area contributed by atoms with E-state index >= 15 is 0 Å². The van der Waals surface area contributed by atoms with Crippen molar-refractivity contribution in [1.29, 1.82) is 0 Å². The van der Waals surface area contributed by atoms with E-state index in [-0.39, 0.29) is 17.5 Å². The molecule has 2 rings (SSSR count). The molecule has 22 heavy (non-hydrogen) atoms. The van der Waals surface area contributed by atoms with E-state index in [0.717, 1.165) is 23.2 Å². The Bertz CT molecular complexity index is 638. The van der Waals surface area contributed by atoms with Gasteiger partial charge in [-0.15, -0.1) is 0 Å². The van der Waals surface area contributed by atoms with Crippen LogP contribution in [0.2, 0.25) is 0 Å². The van der Waals surface area contributed by atoms with Gasteiger partial charge >= 0.3 is 0 Å². The molecular weight excluding hydrogens is 298 g/mol. The number of aryl methyl sites for hydroxylation is 2. The van der Waals surface area contributed by atoms with Gasteiger partial charge in [0.15, 0.2) is 9.84 Å². The van der Waals surface area contributed by atoms with Crippen molar-refractivity contribution in [2.75, 3.05) is 18.1 Å². The van der Waals surface area contributed by atoms with E-state index < -0.39 is 9.84 Å². The Morgan fingerprint density at radius 3 is 2.45 bits per heavy atom. The minimum Gasteiger partial charge on any atom is -0.508 e. The summed E-state index contributed by atoms with van der Waals surface area (Å²) < 4.78 is 23.5. The molecule has 1 aliphatic rings. The SMILES string of the molecule is Cc1cc(O)c(CN(CC(C)C)C2CCS(=O)(=O)C2)cc1C. The summed E-state index contributed by atoms with van der Waals surface area (Å²) in [6, 6.07) is 3.87. The predicted octanol–water partition coefficient (Wildman–Crippen LogP) is 2.65. The van der Waals surface area contributed by atoms with Gasteiger partial charge in [-0.05, 0) is 43.4 Å². The molecule has 1 atom stereocenters. The zero-order valence-electron chi connectivity index (χ0n) is 14.0. The van der Waals surface area contributed by atoms with Crippen LogP contribution >= 0.6 is 0 Å². The number of phenols is 1. The minimum atomic E-state index is -2.90. The zero-order valence-corrected chi connectivity index (χ0v) is 14.8. The zero-order chi connectivity index (χ0) is 16.5. The quantitative estimate of drug-likeness (QED) is 0.904. The molecule has 0 radical (unpaired) electrons. The van der Waals surface area contributed by atoms with Crippen molar-refractivity contribution in [3.63, 3.8) is 0 Å². The molecule has 1 unspecified atom stereocenters. The van der Waals surface area contributed by atoms with Crippen LogP contribution < -0.4 is 0 Å². The molecule has 1 saturated heterocycles. The van der Waals surface area contributed by atoms with Gasteiger partial charge in [0.25, 0.3) is 0 Å². The van der Waals surface area contributed by atoms with Crippen LogP contribution in [0.3, 0.4) is 0 Å². The molecule has 0 bridgehead atoms. The van der Waals surface area contributed by atoms with Gasteiger partial charge in [0.2, 0.25) is 0 Å². The highest BCUT2D eigenvalue weighted by Crippen LogP contribution is 2.27. The predicted molar refractivity (Wildman–Crippen MR) is 89.9 cm³/mol. The van der Waals surface area contributed by atoms with Crippen LogP contribution in [0.5, 0.6) is 5.75 Å². The van der Waals surface area contributed by atoms with Gasteiger partial charge in [0, 0.05) is 24.7 Å². The molecule has 124 valence electrons. The summed E-state index contributed by atoms with van der Waals surface area (Å²) in [7, 11) is -2.90. The largest absolute Gasteiger partial charge is 0.508 e. The number of hydrogen-bond acceptors (Lipinski definition) is 4. The van der Waals surface area contributed by atoms with Crippen LogP contribution in [0, 0.1) is 19.8 Å². The average molecular weight is 325 g/mol. The second-order valence-corrected chi connectivity index (χ2v) is 9.17. The lowest BCUT2D eigenvalue weighted by Gasteiger charge is -2.30. The first kappa shape index (κ1) is 17.3. The summed E-state index contributed by atoms with van der Waals surface area (Å²) in [5.41, 5.74) is 3.10. The second-order valence-electron chi connectivity index (χ2n) is 6.95. The van der Waals surface area contributed by atoms with E-state index in [2.05, 4.69) is 18.7 Å². The number of nitrogens with zero attached hydrogens (tertiary/aromatic N) is 1. The van der Waals surface area contributed by atoms with Crippen molar-refractivity contribution in [2.24, 2.45) is 5.92 Å². The first-order chi connectivity index (χ1) is 10.2. The van der Waals surface area contributed by atoms with Crippen molar-refractivity contribution in [3.05, 3.63) is 28.8 Å². The van der Waals surface area contributed by atoms with Crippen molar-refractivity contribution in [1.82, 2.24) is 4.90 Å². The molecule has 0 spiro atoms. The summed E-state index contributed by atoms with van der Waals surface area (Å²) in [5, 5.41) is 10.2. The lowest BCUT2D eigenvalue weighted by molar-refractivity contribution is 0.179. The maximum atomic E-state index is 11.8. The van der Waals surface area contributed by atoms with Crippen LogP contribution in [-0.2, 0) is 16.4 Å². The summed E-state index contributed by atoms with van der Waals surface area (Å²) >= 11 is 0. The van der Waals surface area contributed by atoms with E-state index in [4.69, 9.17) is 0 Å². The summed E-state index contributed by atoms with van der Waals surface area (Å²) in [6.07, 6.45) is 0.695. The van der Waals surface area contributed by atoms with Crippen LogP contribution in [0.25, 0.3) is 0 Å². The number of aromatic hydroxyl groups is 1. The first-order valence-corrected chi connectivity index (χ1v) is 9.73. The highest BCUT2D eigenvalue weighted by Gasteiger charge is 2.32. The monoisotopic (exact) mass is 325 g/mol. The topological polar surface area (TPSA) is 57.6 Å². The molecule has 0 aromatic heterocycles. The Morgan fingerprint density at radius 1 is 1.27 bits per heavy atom. The molecule has 0 aliphatic carbocycles. The molecule has 1 fully saturated rings. The summed E-state index contributed by atoms with van der Waals surface area (Å²) in [6.45, 7) is 9.73. The Labute approximate surface area is 134 Å². The van der Waals surface area contributed by atoms with E-state index in [9.17, 15) is 13.5 Å². The molecule has 1 aliphatic heterocycles. The van der Waals surface area contributed by atoms with Gasteiger partial charge in [-0.1, -0.05) is 19.9 Å². The van der Waals surface area contributed by atoms with Crippen LogP contribution in [0.4, 0.5) is 0 Å². The molecule has 1 aromatic carbocycles. The molecule has 5 heteroatoms. The van der Waals surface area contributed by atoms with Gasteiger partial charge in [-0.2, -0.15) is 0 Å². The third kappa shape index (κ3) is 4.23. The van der Waals surface area contributed by atoms with Gasteiger partial charge in [-0.25, -0.2) is 8.42 Å². The fourth-order valence-electron chi connectivity index (χ4n) is 3.08. The van der Waals surface area contributed by atoms with Gasteiger partial charge in [0.05, 0.1) is 11.5 Å². The van der Waals surface area contributed by atoms with E-state index in [0.29, 0.717) is 24.6 Å². The maximum Gasteiger partial charge on any atom is 0.151 e. The Morgan fingerprint density at radius 2 is 1.91 bits per heavy atom. The van der Waals surface area contributed by atoms with Gasteiger partial charge < -0.3 is 5.11 Å². The molecule has 0 saturated carbocycles. The minimum absolute atomic E-state index is 0.0633. The van der Waals surface area contributed by atoms with Gasteiger partial charge in [-0.3, -0.25) is 4.90 Å². The lowest BCUT2D eigenvalue weighted by Crippen LogP contribution is -2.38. The highest BCUT2D eigenvalue weighted by atomic mass is 32.2. The summed E-state index contributed by atoms with van der Waals surface area (Å²) in [5.74, 6) is 1.28. The van der Waals surface area contributed by atoms with Crippen LogP contribution in [0.1, 0.15) is 37.0 Å². The first-order valence-electron chi connectivity index (χ1n) is 7.91. The lowest BCUT2D eigenvalue weighted by atomic mass is 10.0. The van der Waals surface area contributed by atoms with Crippen molar-refractivity contribution in [2.45, 2.75) is 46.7 Å². The molecule has 1 N–H and O–H groups in total. The third-order valence-electron chi connectivity index (χ3n) is 4.39. The molecular formula is C17H27NO3S. The van der Waals surface area contributed by atoms with E-state index in [1.165, 1.54) is 0 Å². The van der Waals surface area contributed by atoms with Crippen LogP contribution in [0.15, 0.2) is 12.1 Å². The fourth-order valence-corrected chi connectivity index (χ4v) is 4.84.